The number of nitrogens with one attached hydrogen (secondary N) is 2. The Morgan fingerprint density at radius 2 is 2.40 bits per heavy atom. The first-order valence-corrected chi connectivity index (χ1v) is 6.26. The van der Waals surface area contributed by atoms with Crippen LogP contribution in [-0.2, 0) is 0 Å². The lowest BCUT2D eigenvalue weighted by molar-refractivity contribution is 0.615. The minimum atomic E-state index is 0.776. The molecule has 1 unspecified atom stereocenters. The summed E-state index contributed by atoms with van der Waals surface area (Å²) >= 11 is 3.58. The molecule has 2 rings (SSSR count). The van der Waals surface area contributed by atoms with Crippen LogP contribution in [0.15, 0.2) is 22.7 Å². The number of aryl methyl sites for hydroxylation is 1. The van der Waals surface area contributed by atoms with Crippen LogP contribution >= 0.6 is 15.9 Å². The zero-order valence-electron chi connectivity index (χ0n) is 9.02. The fourth-order valence-corrected chi connectivity index (χ4v) is 2.54. The summed E-state index contributed by atoms with van der Waals surface area (Å²) in [6.07, 6.45) is 1.29. The van der Waals surface area contributed by atoms with E-state index in [0.29, 0.717) is 0 Å². The van der Waals surface area contributed by atoms with Gasteiger partial charge in [0.2, 0.25) is 0 Å². The highest BCUT2D eigenvalue weighted by molar-refractivity contribution is 9.10. The molecule has 0 amide bonds. The van der Waals surface area contributed by atoms with Crippen molar-refractivity contribution in [1.29, 1.82) is 0 Å². The van der Waals surface area contributed by atoms with Crippen molar-refractivity contribution in [1.82, 2.24) is 5.32 Å². The van der Waals surface area contributed by atoms with Gasteiger partial charge in [-0.05, 0) is 66.0 Å². The summed E-state index contributed by atoms with van der Waals surface area (Å²) in [6.45, 7) is 5.49. The molecule has 1 atom stereocenters. The number of anilines is 1. The van der Waals surface area contributed by atoms with Crippen LogP contribution in [0.3, 0.4) is 0 Å². The number of benzene rings is 1. The first-order chi connectivity index (χ1) is 7.25. The average Bonchev–Trinajstić information content (AvgIpc) is 2.69. The Hall–Kier alpha value is -0.540. The summed E-state index contributed by atoms with van der Waals surface area (Å²) in [5.74, 6) is 0.776. The second-order valence-electron chi connectivity index (χ2n) is 4.22. The number of hydrogen-bond acceptors (Lipinski definition) is 2. The maximum atomic E-state index is 3.58. The van der Waals surface area contributed by atoms with Crippen molar-refractivity contribution in [3.8, 4) is 0 Å². The predicted octanol–water partition coefficient (Wildman–Crippen LogP) is 2.78. The second-order valence-corrected chi connectivity index (χ2v) is 5.08. The summed E-state index contributed by atoms with van der Waals surface area (Å²) in [5, 5.41) is 6.88. The molecule has 15 heavy (non-hydrogen) atoms. The van der Waals surface area contributed by atoms with E-state index >= 15 is 0 Å². The van der Waals surface area contributed by atoms with Crippen molar-refractivity contribution in [3.63, 3.8) is 0 Å². The molecular weight excluding hydrogens is 252 g/mol. The first-order valence-electron chi connectivity index (χ1n) is 5.46. The van der Waals surface area contributed by atoms with Crippen molar-refractivity contribution in [2.45, 2.75) is 13.3 Å². The molecule has 1 aliphatic heterocycles. The third-order valence-electron chi connectivity index (χ3n) is 2.87. The Kier molecular flexibility index (Phi) is 3.65. The van der Waals surface area contributed by atoms with E-state index in [1.807, 2.05) is 0 Å². The van der Waals surface area contributed by atoms with E-state index in [0.717, 1.165) is 23.5 Å². The minimum Gasteiger partial charge on any atom is -0.384 e. The van der Waals surface area contributed by atoms with E-state index in [2.05, 4.69) is 51.7 Å². The maximum absolute atomic E-state index is 3.58. The van der Waals surface area contributed by atoms with Crippen LogP contribution < -0.4 is 10.6 Å². The quantitative estimate of drug-likeness (QED) is 0.881. The number of hydrogen-bond donors (Lipinski definition) is 2. The fraction of sp³-hybridized carbons (Fsp3) is 0.500. The molecule has 0 radical (unpaired) electrons. The Morgan fingerprint density at radius 3 is 3.07 bits per heavy atom. The third kappa shape index (κ3) is 2.95. The minimum absolute atomic E-state index is 0.776. The van der Waals surface area contributed by atoms with E-state index in [1.54, 1.807) is 0 Å². The Morgan fingerprint density at radius 1 is 1.53 bits per heavy atom. The first kappa shape index (κ1) is 11.0. The molecular formula is C12H17BrN2. The Balaban J connectivity index is 1.92. The van der Waals surface area contributed by atoms with Crippen molar-refractivity contribution < 1.29 is 0 Å². The van der Waals surface area contributed by atoms with E-state index in [-0.39, 0.29) is 0 Å². The van der Waals surface area contributed by atoms with E-state index in [1.165, 1.54) is 24.2 Å². The van der Waals surface area contributed by atoms with Crippen LogP contribution in [0.1, 0.15) is 12.0 Å². The molecule has 1 saturated heterocycles. The highest BCUT2D eigenvalue weighted by Gasteiger charge is 2.13. The molecule has 82 valence electrons. The molecule has 0 saturated carbocycles. The predicted molar refractivity (Wildman–Crippen MR) is 68.3 cm³/mol. The smallest absolute Gasteiger partial charge is 0.0484 e. The highest BCUT2D eigenvalue weighted by atomic mass is 79.9. The van der Waals surface area contributed by atoms with E-state index in [9.17, 15) is 0 Å². The molecule has 0 spiro atoms. The molecule has 0 aliphatic carbocycles. The largest absolute Gasteiger partial charge is 0.384 e. The molecule has 1 heterocycles. The van der Waals surface area contributed by atoms with Crippen LogP contribution in [0, 0.1) is 12.8 Å². The molecule has 1 fully saturated rings. The van der Waals surface area contributed by atoms with Gasteiger partial charge in [0.1, 0.15) is 0 Å². The van der Waals surface area contributed by atoms with Gasteiger partial charge in [-0.25, -0.2) is 0 Å². The average molecular weight is 269 g/mol. The van der Waals surface area contributed by atoms with Crippen LogP contribution in [-0.4, -0.2) is 19.6 Å². The van der Waals surface area contributed by atoms with Crippen molar-refractivity contribution in [2.24, 2.45) is 5.92 Å². The zero-order valence-corrected chi connectivity index (χ0v) is 10.6. The van der Waals surface area contributed by atoms with Crippen molar-refractivity contribution in [3.05, 3.63) is 28.2 Å². The van der Waals surface area contributed by atoms with Gasteiger partial charge in [0.05, 0.1) is 0 Å². The summed E-state index contributed by atoms with van der Waals surface area (Å²) in [5.41, 5.74) is 2.49. The van der Waals surface area contributed by atoms with Gasteiger partial charge in [-0.3, -0.25) is 0 Å². The standard InChI is InChI=1S/C12H17BrN2/c1-9-2-3-12(11(13)6-9)15-8-10-4-5-14-7-10/h2-3,6,10,14-15H,4-5,7-8H2,1H3. The van der Waals surface area contributed by atoms with Crippen LogP contribution in [0.5, 0.6) is 0 Å². The lowest BCUT2D eigenvalue weighted by Crippen LogP contribution is -2.17. The third-order valence-corrected chi connectivity index (χ3v) is 3.52. The molecule has 2 nitrogen and oxygen atoms in total. The van der Waals surface area contributed by atoms with Crippen molar-refractivity contribution in [2.75, 3.05) is 25.0 Å². The molecule has 1 aliphatic rings. The maximum Gasteiger partial charge on any atom is 0.0484 e. The summed E-state index contributed by atoms with van der Waals surface area (Å²) in [7, 11) is 0. The topological polar surface area (TPSA) is 24.1 Å². The molecule has 3 heteroatoms. The summed E-state index contributed by atoms with van der Waals surface area (Å²) in [4.78, 5) is 0. The second kappa shape index (κ2) is 4.99. The van der Waals surface area contributed by atoms with Gasteiger partial charge in [0, 0.05) is 16.7 Å². The molecule has 0 bridgehead atoms. The Bertz CT molecular complexity index is 332. The SMILES string of the molecule is Cc1ccc(NCC2CCNC2)c(Br)c1. The van der Waals surface area contributed by atoms with Gasteiger partial charge in [-0.15, -0.1) is 0 Å². The normalized spacial score (nSPS) is 20.5. The van der Waals surface area contributed by atoms with Crippen LogP contribution in [0.2, 0.25) is 0 Å². The molecule has 2 N–H and O–H groups in total. The van der Waals surface area contributed by atoms with E-state index in [4.69, 9.17) is 0 Å². The number of halogens is 1. The number of rotatable bonds is 3. The monoisotopic (exact) mass is 268 g/mol. The summed E-state index contributed by atoms with van der Waals surface area (Å²) in [6, 6.07) is 6.43. The van der Waals surface area contributed by atoms with Crippen LogP contribution in [0.4, 0.5) is 5.69 Å². The van der Waals surface area contributed by atoms with Gasteiger partial charge >= 0.3 is 0 Å². The molecule has 0 aromatic heterocycles. The van der Waals surface area contributed by atoms with Gasteiger partial charge in [0.25, 0.3) is 0 Å². The molecule has 1 aromatic rings. The van der Waals surface area contributed by atoms with E-state index < -0.39 is 0 Å². The molecule has 1 aromatic carbocycles. The Labute approximate surface area is 99.6 Å². The highest BCUT2D eigenvalue weighted by Crippen LogP contribution is 2.23. The zero-order chi connectivity index (χ0) is 10.7. The van der Waals surface area contributed by atoms with Crippen LogP contribution in [0.25, 0.3) is 0 Å². The van der Waals surface area contributed by atoms with Crippen molar-refractivity contribution >= 4 is 21.6 Å². The van der Waals surface area contributed by atoms with Gasteiger partial charge < -0.3 is 10.6 Å². The van der Waals surface area contributed by atoms with Gasteiger partial charge in [-0.2, -0.15) is 0 Å². The lowest BCUT2D eigenvalue weighted by atomic mass is 10.1. The van der Waals surface area contributed by atoms with Gasteiger partial charge in [-0.1, -0.05) is 6.07 Å². The van der Waals surface area contributed by atoms with Gasteiger partial charge in [0.15, 0.2) is 0 Å². The summed E-state index contributed by atoms with van der Waals surface area (Å²) < 4.78 is 1.16. The fourth-order valence-electron chi connectivity index (χ4n) is 1.91. The lowest BCUT2D eigenvalue weighted by Gasteiger charge is -2.12.